The number of hydrogen-bond donors (Lipinski definition) is 3. The lowest BCUT2D eigenvalue weighted by Crippen LogP contribution is -2.37. The number of carboxylic acid groups (broad SMARTS) is 1. The molecular formula is C19H18FN5O3S. The number of halogens is 1. The number of amidine groups is 1. The number of anilines is 1. The quantitative estimate of drug-likeness (QED) is 0.700. The topological polar surface area (TPSA) is 131 Å². The first-order valence-electron chi connectivity index (χ1n) is 9.04. The summed E-state index contributed by atoms with van der Waals surface area (Å²) < 4.78 is 14.8. The Kier molecular flexibility index (Phi) is 4.95. The molecule has 1 amide bonds. The number of aromatic nitrogens is 2. The zero-order valence-electron chi connectivity index (χ0n) is 15.3. The molecular weight excluding hydrogens is 397 g/mol. The number of aromatic carboxylic acids is 1. The van der Waals surface area contributed by atoms with Gasteiger partial charge in [0, 0.05) is 29.4 Å². The summed E-state index contributed by atoms with van der Waals surface area (Å²) in [7, 11) is 0. The molecule has 4 N–H and O–H groups in total. The maximum Gasteiger partial charge on any atom is 0.338 e. The Morgan fingerprint density at radius 1 is 1.31 bits per heavy atom. The van der Waals surface area contributed by atoms with Gasteiger partial charge in [-0.2, -0.15) is 0 Å². The number of carbonyl (C=O) groups excluding carboxylic acids is 1. The van der Waals surface area contributed by atoms with Crippen molar-refractivity contribution in [2.45, 2.75) is 24.8 Å². The van der Waals surface area contributed by atoms with Gasteiger partial charge < -0.3 is 16.2 Å². The average Bonchev–Trinajstić information content (AvgIpc) is 3.13. The van der Waals surface area contributed by atoms with Gasteiger partial charge in [0.05, 0.1) is 11.1 Å². The van der Waals surface area contributed by atoms with Crippen molar-refractivity contribution in [3.8, 4) is 0 Å². The van der Waals surface area contributed by atoms with E-state index >= 15 is 0 Å². The lowest BCUT2D eigenvalue weighted by molar-refractivity contribution is 0.0695. The van der Waals surface area contributed by atoms with Gasteiger partial charge in [-0.3, -0.25) is 9.79 Å². The van der Waals surface area contributed by atoms with Crippen LogP contribution in [0.2, 0.25) is 0 Å². The molecule has 2 heterocycles. The highest BCUT2D eigenvalue weighted by molar-refractivity contribution is 8.13. The van der Waals surface area contributed by atoms with E-state index in [9.17, 15) is 14.0 Å². The number of nitrogens with one attached hydrogen (secondary N) is 1. The Morgan fingerprint density at radius 3 is 2.79 bits per heavy atom. The molecule has 2 atom stereocenters. The minimum absolute atomic E-state index is 0.123. The predicted octanol–water partition coefficient (Wildman–Crippen LogP) is 2.62. The summed E-state index contributed by atoms with van der Waals surface area (Å²) in [6.45, 7) is 0. The largest absolute Gasteiger partial charge is 0.478 e. The number of nitrogens with zero attached hydrogens (tertiary/aromatic N) is 3. The Morgan fingerprint density at radius 2 is 2.07 bits per heavy atom. The highest BCUT2D eigenvalue weighted by Gasteiger charge is 2.48. The summed E-state index contributed by atoms with van der Waals surface area (Å²) in [5, 5.41) is 12.0. The van der Waals surface area contributed by atoms with Crippen LogP contribution in [0.4, 0.5) is 10.1 Å². The van der Waals surface area contributed by atoms with Crippen LogP contribution in [0.3, 0.4) is 0 Å². The minimum Gasteiger partial charge on any atom is -0.478 e. The molecule has 4 rings (SSSR count). The Labute approximate surface area is 169 Å². The van der Waals surface area contributed by atoms with Gasteiger partial charge in [-0.1, -0.05) is 18.2 Å². The maximum absolute atomic E-state index is 14.8. The number of amides is 1. The lowest BCUT2D eigenvalue weighted by Gasteiger charge is -2.36. The van der Waals surface area contributed by atoms with E-state index in [0.717, 1.165) is 31.0 Å². The summed E-state index contributed by atoms with van der Waals surface area (Å²) in [5.41, 5.74) is 5.92. The van der Waals surface area contributed by atoms with Crippen LogP contribution in [0, 0.1) is 11.7 Å². The smallest absolute Gasteiger partial charge is 0.338 e. The van der Waals surface area contributed by atoms with Crippen molar-refractivity contribution in [1.82, 2.24) is 9.97 Å². The summed E-state index contributed by atoms with van der Waals surface area (Å²) in [5.74, 6) is -1.41. The first-order valence-corrected chi connectivity index (χ1v) is 10.0. The van der Waals surface area contributed by atoms with Gasteiger partial charge in [-0.25, -0.2) is 19.2 Å². The number of carboxylic acids is 1. The van der Waals surface area contributed by atoms with Crippen LogP contribution in [0.5, 0.6) is 0 Å². The highest BCUT2D eigenvalue weighted by atomic mass is 32.2. The second-order valence-electron chi connectivity index (χ2n) is 7.02. The number of hydrogen-bond acceptors (Lipinski definition) is 7. The summed E-state index contributed by atoms with van der Waals surface area (Å²) in [4.78, 5) is 35.5. The summed E-state index contributed by atoms with van der Waals surface area (Å²) >= 11 is 1.49. The van der Waals surface area contributed by atoms with Gasteiger partial charge >= 0.3 is 5.97 Å². The third-order valence-corrected chi connectivity index (χ3v) is 6.28. The molecule has 1 aliphatic heterocycles. The zero-order valence-corrected chi connectivity index (χ0v) is 16.1. The van der Waals surface area contributed by atoms with Crippen LogP contribution >= 0.6 is 11.8 Å². The molecule has 1 aromatic heterocycles. The van der Waals surface area contributed by atoms with Gasteiger partial charge in [-0.15, -0.1) is 0 Å². The van der Waals surface area contributed by atoms with E-state index in [-0.39, 0.29) is 23.1 Å². The number of aliphatic imine (C=N–C) groups is 1. The fourth-order valence-corrected chi connectivity index (χ4v) is 4.98. The van der Waals surface area contributed by atoms with Gasteiger partial charge in [0.2, 0.25) is 5.82 Å². The fourth-order valence-electron chi connectivity index (χ4n) is 3.94. The zero-order chi connectivity index (χ0) is 20.6. The van der Waals surface area contributed by atoms with Crippen LogP contribution in [0.25, 0.3) is 0 Å². The van der Waals surface area contributed by atoms with E-state index < -0.39 is 17.4 Å². The number of thioether (sulfide) groups is 1. The molecule has 2 aromatic rings. The third kappa shape index (κ3) is 3.55. The van der Waals surface area contributed by atoms with Crippen molar-refractivity contribution in [3.63, 3.8) is 0 Å². The summed E-state index contributed by atoms with van der Waals surface area (Å²) in [6.07, 6.45) is 4.69. The average molecular weight is 415 g/mol. The number of fused-ring (bicyclic) bond motifs is 1. The van der Waals surface area contributed by atoms with E-state index in [2.05, 4.69) is 20.3 Å². The molecule has 2 unspecified atom stereocenters. The molecule has 150 valence electrons. The standard InChI is InChI=1S/C19H18FN5O3S/c20-14-4-3-12(24-16(26)15-22-7-10(8-23-15)17(27)28)6-13(14)19-5-1-2-11(19)9-29-18(21)25-19/h3-4,6-8,11H,1-2,5,9H2,(H2,21,25)(H,24,26)(H,27,28). The van der Waals surface area contributed by atoms with E-state index in [1.54, 1.807) is 6.07 Å². The molecule has 29 heavy (non-hydrogen) atoms. The van der Waals surface area contributed by atoms with E-state index in [1.165, 1.54) is 23.9 Å². The molecule has 10 heteroatoms. The van der Waals surface area contributed by atoms with Crippen LogP contribution in [0.15, 0.2) is 35.6 Å². The van der Waals surface area contributed by atoms with Gasteiger partial charge in [0.15, 0.2) is 5.17 Å². The molecule has 2 aliphatic rings. The fraction of sp³-hybridized carbons (Fsp3) is 0.316. The van der Waals surface area contributed by atoms with E-state index in [1.807, 2.05) is 0 Å². The van der Waals surface area contributed by atoms with Crippen LogP contribution in [-0.2, 0) is 5.54 Å². The molecule has 0 saturated heterocycles. The van der Waals surface area contributed by atoms with Crippen LogP contribution in [-0.4, -0.2) is 37.9 Å². The number of rotatable bonds is 4. The lowest BCUT2D eigenvalue weighted by atomic mass is 9.81. The third-order valence-electron chi connectivity index (χ3n) is 5.32. The maximum atomic E-state index is 14.8. The Bertz CT molecular complexity index is 1010. The van der Waals surface area contributed by atoms with Crippen molar-refractivity contribution in [1.29, 1.82) is 0 Å². The first kappa shape index (κ1) is 19.3. The van der Waals surface area contributed by atoms with Crippen molar-refractivity contribution >= 4 is 34.5 Å². The van der Waals surface area contributed by atoms with E-state index in [0.29, 0.717) is 22.8 Å². The highest BCUT2D eigenvalue weighted by Crippen LogP contribution is 2.51. The number of benzene rings is 1. The first-order chi connectivity index (χ1) is 13.9. The molecule has 0 spiro atoms. The van der Waals surface area contributed by atoms with Crippen molar-refractivity contribution < 1.29 is 19.1 Å². The van der Waals surface area contributed by atoms with Crippen molar-refractivity contribution in [2.24, 2.45) is 16.6 Å². The van der Waals surface area contributed by atoms with Gasteiger partial charge in [0.1, 0.15) is 5.82 Å². The molecule has 1 fully saturated rings. The van der Waals surface area contributed by atoms with E-state index in [4.69, 9.17) is 10.8 Å². The number of carbonyl (C=O) groups is 2. The second kappa shape index (κ2) is 7.43. The predicted molar refractivity (Wildman–Crippen MR) is 106 cm³/mol. The second-order valence-corrected chi connectivity index (χ2v) is 8.06. The Balaban J connectivity index is 1.63. The molecule has 1 saturated carbocycles. The molecule has 1 aliphatic carbocycles. The molecule has 8 nitrogen and oxygen atoms in total. The SMILES string of the molecule is NC1=NC2(c3cc(NC(=O)c4ncc(C(=O)O)cn4)ccc3F)CCCC2CS1. The van der Waals surface area contributed by atoms with Gasteiger partial charge in [0.25, 0.3) is 5.91 Å². The Hall–Kier alpha value is -3.01. The normalized spacial score (nSPS) is 23.2. The van der Waals surface area contributed by atoms with Crippen LogP contribution in [0.1, 0.15) is 45.8 Å². The monoisotopic (exact) mass is 415 g/mol. The van der Waals surface area contributed by atoms with Gasteiger partial charge in [-0.05, 0) is 37.0 Å². The number of nitrogens with two attached hydrogens (primary N) is 1. The molecule has 1 aromatic carbocycles. The summed E-state index contributed by atoms with van der Waals surface area (Å²) in [6, 6.07) is 4.34. The van der Waals surface area contributed by atoms with Crippen molar-refractivity contribution in [2.75, 3.05) is 11.1 Å². The van der Waals surface area contributed by atoms with Crippen molar-refractivity contribution in [3.05, 3.63) is 53.4 Å². The van der Waals surface area contributed by atoms with Crippen LogP contribution < -0.4 is 11.1 Å². The minimum atomic E-state index is -1.18. The molecule has 0 bridgehead atoms. The molecule has 0 radical (unpaired) electrons.